The molecule has 0 radical (unpaired) electrons. The molecule has 0 atom stereocenters. The third-order valence-electron chi connectivity index (χ3n) is 6.70. The van der Waals surface area contributed by atoms with E-state index in [9.17, 15) is 9.59 Å². The van der Waals surface area contributed by atoms with Gasteiger partial charge in [-0.2, -0.15) is 0 Å². The number of carbonyl (C=O) groups excluding carboxylic acids is 2. The monoisotopic (exact) mass is 519 g/mol. The Kier molecular flexibility index (Phi) is 9.55. The average Bonchev–Trinajstić information content (AvgIpc) is 2.92. The molecule has 3 aromatic rings. The maximum absolute atomic E-state index is 12.4. The molecule has 0 spiro atoms. The van der Waals surface area contributed by atoms with Crippen LogP contribution in [-0.4, -0.2) is 37.1 Å². The van der Waals surface area contributed by atoms with Gasteiger partial charge in [0.25, 0.3) is 5.91 Å². The van der Waals surface area contributed by atoms with Crippen molar-refractivity contribution in [2.24, 2.45) is 0 Å². The van der Waals surface area contributed by atoms with Crippen LogP contribution in [-0.2, 0) is 22.4 Å². The van der Waals surface area contributed by atoms with Crippen molar-refractivity contribution in [2.45, 2.75) is 51.4 Å². The van der Waals surface area contributed by atoms with E-state index in [0.717, 1.165) is 66.6 Å². The minimum Gasteiger partial charge on any atom is -0.466 e. The molecule has 4 rings (SSSR count). The molecule has 7 heteroatoms. The van der Waals surface area contributed by atoms with Crippen LogP contribution in [0.5, 0.6) is 0 Å². The summed E-state index contributed by atoms with van der Waals surface area (Å²) < 4.78 is 4.58. The fourth-order valence-corrected chi connectivity index (χ4v) is 4.87. The van der Waals surface area contributed by atoms with Crippen molar-refractivity contribution in [3.8, 4) is 0 Å². The molecule has 1 amide bonds. The number of fused-ring (bicyclic) bond motifs is 2. The predicted octanol–water partition coefficient (Wildman–Crippen LogP) is 6.36. The number of halogens is 1. The van der Waals surface area contributed by atoms with Crippen molar-refractivity contribution >= 4 is 46.1 Å². The number of amides is 1. The molecule has 0 aliphatic heterocycles. The smallest absolute Gasteiger partial charge is 0.330 e. The summed E-state index contributed by atoms with van der Waals surface area (Å²) in [6, 6.07) is 13.1. The number of aryl methyl sites for hydroxylation is 1. The van der Waals surface area contributed by atoms with Crippen LogP contribution in [0.3, 0.4) is 0 Å². The number of methoxy groups -OCH3 is 1. The van der Waals surface area contributed by atoms with Gasteiger partial charge < -0.3 is 15.4 Å². The molecule has 1 heterocycles. The summed E-state index contributed by atoms with van der Waals surface area (Å²) in [5, 5.41) is 8.57. The largest absolute Gasteiger partial charge is 0.466 e. The molecule has 0 bridgehead atoms. The van der Waals surface area contributed by atoms with E-state index in [1.165, 1.54) is 43.0 Å². The van der Waals surface area contributed by atoms with Gasteiger partial charge in [0.1, 0.15) is 0 Å². The molecular formula is C30H34ClN3O3. The number of aromatic nitrogens is 1. The molecule has 37 heavy (non-hydrogen) atoms. The number of hydrogen-bond donors (Lipinski definition) is 2. The summed E-state index contributed by atoms with van der Waals surface area (Å²) in [7, 11) is 1.34. The number of esters is 1. The molecule has 194 valence electrons. The van der Waals surface area contributed by atoms with Crippen molar-refractivity contribution < 1.29 is 14.3 Å². The predicted molar refractivity (Wildman–Crippen MR) is 150 cm³/mol. The van der Waals surface area contributed by atoms with Crippen LogP contribution < -0.4 is 10.6 Å². The number of rotatable bonds is 11. The third-order valence-corrected chi connectivity index (χ3v) is 6.94. The number of anilines is 1. The normalized spacial score (nSPS) is 12.9. The van der Waals surface area contributed by atoms with E-state index in [1.807, 2.05) is 12.1 Å². The fourth-order valence-electron chi connectivity index (χ4n) is 4.70. The van der Waals surface area contributed by atoms with Gasteiger partial charge in [-0.1, -0.05) is 36.6 Å². The zero-order valence-corrected chi connectivity index (χ0v) is 22.1. The van der Waals surface area contributed by atoms with Gasteiger partial charge in [-0.25, -0.2) is 4.79 Å². The second-order valence-electron chi connectivity index (χ2n) is 9.36. The molecule has 0 saturated carbocycles. The molecule has 1 aromatic heterocycles. The molecular weight excluding hydrogens is 486 g/mol. The Balaban J connectivity index is 1.18. The van der Waals surface area contributed by atoms with E-state index in [1.54, 1.807) is 30.3 Å². The topological polar surface area (TPSA) is 80.3 Å². The van der Waals surface area contributed by atoms with Crippen molar-refractivity contribution in [1.82, 2.24) is 10.3 Å². The zero-order chi connectivity index (χ0) is 26.0. The van der Waals surface area contributed by atoms with Gasteiger partial charge >= 0.3 is 5.97 Å². The first-order valence-electron chi connectivity index (χ1n) is 13.0. The highest BCUT2D eigenvalue weighted by Gasteiger charge is 2.18. The van der Waals surface area contributed by atoms with Crippen molar-refractivity contribution in [1.29, 1.82) is 0 Å². The van der Waals surface area contributed by atoms with E-state index in [4.69, 9.17) is 16.6 Å². The SMILES string of the molecule is COC(=O)C=Cc1ccc(C(=O)NCCCCCCNc2c3c(nc4cc(Cl)ccc24)CCCC3)cc1. The number of ether oxygens (including phenoxy) is 1. The molecule has 6 nitrogen and oxygen atoms in total. The summed E-state index contributed by atoms with van der Waals surface area (Å²) in [6.45, 7) is 1.57. The van der Waals surface area contributed by atoms with Crippen LogP contribution in [0.4, 0.5) is 5.69 Å². The van der Waals surface area contributed by atoms with Gasteiger partial charge in [-0.3, -0.25) is 9.78 Å². The second-order valence-corrected chi connectivity index (χ2v) is 9.79. The van der Waals surface area contributed by atoms with Crippen LogP contribution in [0.15, 0.2) is 48.5 Å². The summed E-state index contributed by atoms with van der Waals surface area (Å²) in [5.74, 6) is -0.493. The lowest BCUT2D eigenvalue weighted by atomic mass is 9.92. The molecule has 0 unspecified atom stereocenters. The maximum Gasteiger partial charge on any atom is 0.330 e. The van der Waals surface area contributed by atoms with Crippen LogP contribution in [0.1, 0.15) is 65.7 Å². The number of pyridine rings is 1. The van der Waals surface area contributed by atoms with Gasteiger partial charge in [0.05, 0.1) is 12.6 Å². The number of nitrogens with one attached hydrogen (secondary N) is 2. The fraction of sp³-hybridized carbons (Fsp3) is 0.367. The van der Waals surface area contributed by atoms with E-state index < -0.39 is 5.97 Å². The number of carbonyl (C=O) groups is 2. The summed E-state index contributed by atoms with van der Waals surface area (Å²) >= 11 is 6.22. The van der Waals surface area contributed by atoms with E-state index in [-0.39, 0.29) is 5.91 Å². The van der Waals surface area contributed by atoms with Gasteiger partial charge in [-0.05, 0) is 86.1 Å². The Morgan fingerprint density at radius 3 is 2.54 bits per heavy atom. The standard InChI is InChI=1S/C30H34ClN3O3/c1-37-28(35)17-12-21-10-13-22(14-11-21)30(36)33-19-7-3-2-6-18-32-29-24-8-4-5-9-26(24)34-27-20-23(31)15-16-25(27)29/h10-17,20H,2-9,18-19H2,1H3,(H,32,34)(H,33,36). The number of nitrogens with zero attached hydrogens (tertiary/aromatic N) is 1. The molecule has 1 aliphatic rings. The quantitative estimate of drug-likeness (QED) is 0.175. The average molecular weight is 520 g/mol. The molecule has 1 aliphatic carbocycles. The first-order valence-corrected chi connectivity index (χ1v) is 13.4. The lowest BCUT2D eigenvalue weighted by Gasteiger charge is -2.22. The van der Waals surface area contributed by atoms with Crippen molar-refractivity contribution in [3.05, 3.63) is 75.9 Å². The first kappa shape index (κ1) is 26.7. The number of hydrogen-bond acceptors (Lipinski definition) is 5. The highest BCUT2D eigenvalue weighted by molar-refractivity contribution is 6.31. The summed E-state index contributed by atoms with van der Waals surface area (Å²) in [4.78, 5) is 28.5. The Labute approximate surface area is 223 Å². The molecule has 0 fully saturated rings. The highest BCUT2D eigenvalue weighted by atomic mass is 35.5. The second kappa shape index (κ2) is 13.2. The van der Waals surface area contributed by atoms with Crippen molar-refractivity contribution in [3.63, 3.8) is 0 Å². The minimum absolute atomic E-state index is 0.0837. The zero-order valence-electron chi connectivity index (χ0n) is 21.3. The number of unbranched alkanes of at least 4 members (excludes halogenated alkanes) is 3. The van der Waals surface area contributed by atoms with Gasteiger partial charge in [-0.15, -0.1) is 0 Å². The Morgan fingerprint density at radius 1 is 1.00 bits per heavy atom. The van der Waals surface area contributed by atoms with E-state index in [0.29, 0.717) is 12.1 Å². The van der Waals surface area contributed by atoms with Gasteiger partial charge in [0, 0.05) is 46.5 Å². The summed E-state index contributed by atoms with van der Waals surface area (Å²) in [6.07, 6.45) is 11.7. The van der Waals surface area contributed by atoms with E-state index >= 15 is 0 Å². The highest BCUT2D eigenvalue weighted by Crippen LogP contribution is 2.34. The lowest BCUT2D eigenvalue weighted by molar-refractivity contribution is -0.134. The molecule has 2 N–H and O–H groups in total. The van der Waals surface area contributed by atoms with Crippen LogP contribution in [0.2, 0.25) is 5.02 Å². The molecule has 2 aromatic carbocycles. The summed E-state index contributed by atoms with van der Waals surface area (Å²) in [5.41, 5.74) is 6.23. The van der Waals surface area contributed by atoms with Crippen LogP contribution >= 0.6 is 11.6 Å². The third kappa shape index (κ3) is 7.32. The minimum atomic E-state index is -0.410. The molecule has 0 saturated heterocycles. The lowest BCUT2D eigenvalue weighted by Crippen LogP contribution is -2.24. The maximum atomic E-state index is 12.4. The van der Waals surface area contributed by atoms with Gasteiger partial charge in [0.15, 0.2) is 0 Å². The number of benzene rings is 2. The Morgan fingerprint density at radius 2 is 1.76 bits per heavy atom. The Hall–Kier alpha value is -3.38. The van der Waals surface area contributed by atoms with Crippen molar-refractivity contribution in [2.75, 3.05) is 25.5 Å². The Bertz CT molecular complexity index is 1270. The van der Waals surface area contributed by atoms with Gasteiger partial charge in [0.2, 0.25) is 0 Å². The van der Waals surface area contributed by atoms with E-state index in [2.05, 4.69) is 21.4 Å². The van der Waals surface area contributed by atoms with Crippen LogP contribution in [0.25, 0.3) is 17.0 Å². The van der Waals surface area contributed by atoms with Crippen LogP contribution in [0, 0.1) is 0 Å². The first-order chi connectivity index (χ1) is 18.0.